The van der Waals surface area contributed by atoms with E-state index in [0.29, 0.717) is 17.3 Å². The van der Waals surface area contributed by atoms with Crippen molar-refractivity contribution in [1.29, 1.82) is 0 Å². The number of amides is 1. The molecule has 0 bridgehead atoms. The summed E-state index contributed by atoms with van der Waals surface area (Å²) in [5.74, 6) is -0.560. The molecule has 3 atom stereocenters. The van der Waals surface area contributed by atoms with E-state index in [1.54, 1.807) is 12.3 Å². The summed E-state index contributed by atoms with van der Waals surface area (Å²) in [6.45, 7) is 11.9. The summed E-state index contributed by atoms with van der Waals surface area (Å²) in [6, 6.07) is 14.4. The Morgan fingerprint density at radius 3 is 2.62 bits per heavy atom. The third kappa shape index (κ3) is 6.42. The van der Waals surface area contributed by atoms with Gasteiger partial charge in [0.1, 0.15) is 22.2 Å². The standard InChI is InChI=1S/C30H33ClN4O5S2/c1-28(2,3)42(38)35-25(24-20(31)10-11-23(33-24)34-27(36)37)22-14-17-8-7-9-19(26(17)41-22)21-15-18(12-13-32-21)30(6)16-39-29(4,5)40-30/h7-15,25,35H,16H2,1-6H3,(H,33,34)(H,36,37)/t25?,30?,42-/m0/s1. The van der Waals surface area contributed by atoms with Crippen LogP contribution in [0, 0.1) is 0 Å². The van der Waals surface area contributed by atoms with Crippen molar-refractivity contribution >= 4 is 56.3 Å². The predicted octanol–water partition coefficient (Wildman–Crippen LogP) is 7.24. The third-order valence-corrected chi connectivity index (χ3v) is 9.95. The van der Waals surface area contributed by atoms with E-state index in [-0.39, 0.29) is 5.82 Å². The van der Waals surface area contributed by atoms with Gasteiger partial charge in [0.2, 0.25) is 0 Å². The van der Waals surface area contributed by atoms with Gasteiger partial charge in [0.05, 0.1) is 23.0 Å². The van der Waals surface area contributed by atoms with Gasteiger partial charge in [-0.15, -0.1) is 16.1 Å². The number of carboxylic acid groups (broad SMARTS) is 1. The van der Waals surface area contributed by atoms with Crippen LogP contribution in [0.4, 0.5) is 10.6 Å². The number of anilines is 1. The van der Waals surface area contributed by atoms with Crippen molar-refractivity contribution in [2.45, 2.75) is 63.7 Å². The molecule has 1 amide bonds. The zero-order chi connectivity index (χ0) is 30.4. The van der Waals surface area contributed by atoms with Gasteiger partial charge in [-0.05, 0) is 82.8 Å². The van der Waals surface area contributed by atoms with Crippen molar-refractivity contribution < 1.29 is 23.9 Å². The van der Waals surface area contributed by atoms with Crippen molar-refractivity contribution in [3.63, 3.8) is 0 Å². The highest BCUT2D eigenvalue weighted by Crippen LogP contribution is 2.42. The highest BCUT2D eigenvalue weighted by Gasteiger charge is 2.43. The van der Waals surface area contributed by atoms with E-state index in [0.717, 1.165) is 31.8 Å². The predicted molar refractivity (Wildman–Crippen MR) is 167 cm³/mol. The second kappa shape index (κ2) is 11.4. The van der Waals surface area contributed by atoms with E-state index in [2.05, 4.69) is 15.0 Å². The molecule has 3 aromatic heterocycles. The Balaban J connectivity index is 1.60. The Kier molecular flexibility index (Phi) is 8.31. The maximum Gasteiger partial charge on any atom is 0.410 e. The van der Waals surface area contributed by atoms with Crippen molar-refractivity contribution in [3.8, 4) is 11.3 Å². The monoisotopic (exact) mass is 628 g/mol. The Morgan fingerprint density at radius 1 is 1.19 bits per heavy atom. The molecule has 42 heavy (non-hydrogen) atoms. The number of benzene rings is 1. The summed E-state index contributed by atoms with van der Waals surface area (Å²) in [5.41, 5.74) is 2.43. The minimum Gasteiger partial charge on any atom is -0.598 e. The number of aromatic nitrogens is 2. The topological polar surface area (TPSA) is 129 Å². The first-order valence-electron chi connectivity index (χ1n) is 13.3. The average molecular weight is 629 g/mol. The number of nitrogens with one attached hydrogen (secondary N) is 2. The lowest BCUT2D eigenvalue weighted by Crippen LogP contribution is -2.41. The van der Waals surface area contributed by atoms with E-state index in [1.165, 1.54) is 17.4 Å². The van der Waals surface area contributed by atoms with Crippen LogP contribution in [0.5, 0.6) is 0 Å². The summed E-state index contributed by atoms with van der Waals surface area (Å²) < 4.78 is 29.1. The molecule has 0 aliphatic carbocycles. The molecule has 1 aromatic carbocycles. The fraction of sp³-hybridized carbons (Fsp3) is 0.367. The number of nitrogens with zero attached hydrogens (tertiary/aromatic N) is 2. The lowest BCUT2D eigenvalue weighted by atomic mass is 9.96. The Hall–Kier alpha value is -2.77. The molecule has 9 nitrogen and oxygen atoms in total. The van der Waals surface area contributed by atoms with Gasteiger partial charge in [-0.3, -0.25) is 10.3 Å². The molecule has 222 valence electrons. The van der Waals surface area contributed by atoms with E-state index >= 15 is 0 Å². The van der Waals surface area contributed by atoms with Gasteiger partial charge in [-0.25, -0.2) is 9.78 Å². The van der Waals surface area contributed by atoms with Gasteiger partial charge in [-0.2, -0.15) is 0 Å². The second-order valence-electron chi connectivity index (χ2n) is 11.7. The van der Waals surface area contributed by atoms with Gasteiger partial charge >= 0.3 is 6.09 Å². The van der Waals surface area contributed by atoms with Crippen LogP contribution in [0.1, 0.15) is 63.7 Å². The molecule has 0 saturated carbocycles. The Morgan fingerprint density at radius 2 is 1.95 bits per heavy atom. The highest BCUT2D eigenvalue weighted by molar-refractivity contribution is 7.90. The average Bonchev–Trinajstić information content (AvgIpc) is 3.47. The van der Waals surface area contributed by atoms with Crippen LogP contribution in [0.15, 0.2) is 54.7 Å². The molecule has 0 radical (unpaired) electrons. The maximum atomic E-state index is 13.3. The quantitative estimate of drug-likeness (QED) is 0.183. The van der Waals surface area contributed by atoms with Crippen LogP contribution >= 0.6 is 22.9 Å². The van der Waals surface area contributed by atoms with Crippen LogP contribution in [-0.2, 0) is 26.4 Å². The smallest absolute Gasteiger partial charge is 0.410 e. The van der Waals surface area contributed by atoms with Crippen molar-refractivity contribution in [2.24, 2.45) is 0 Å². The second-order valence-corrected chi connectivity index (χ2v) is 15.2. The molecule has 1 aliphatic rings. The van der Waals surface area contributed by atoms with E-state index in [9.17, 15) is 14.5 Å². The first-order valence-corrected chi connectivity index (χ1v) is 15.7. The molecule has 0 spiro atoms. The number of ether oxygens (including phenoxy) is 2. The van der Waals surface area contributed by atoms with Crippen molar-refractivity contribution in [2.75, 3.05) is 11.9 Å². The summed E-state index contributed by atoms with van der Waals surface area (Å²) in [7, 11) is 0. The molecular formula is C30H33ClN4O5S2. The number of rotatable bonds is 7. The number of pyridine rings is 2. The summed E-state index contributed by atoms with van der Waals surface area (Å²) in [6.07, 6.45) is 0.533. The molecule has 3 N–H and O–H groups in total. The van der Waals surface area contributed by atoms with Crippen LogP contribution in [0.3, 0.4) is 0 Å². The summed E-state index contributed by atoms with van der Waals surface area (Å²) >= 11 is 6.63. The highest BCUT2D eigenvalue weighted by atomic mass is 35.5. The van der Waals surface area contributed by atoms with E-state index < -0.39 is 39.6 Å². The van der Waals surface area contributed by atoms with Gasteiger partial charge < -0.3 is 19.1 Å². The molecule has 1 saturated heterocycles. The largest absolute Gasteiger partial charge is 0.598 e. The number of thiophene rings is 1. The molecule has 5 rings (SSSR count). The fourth-order valence-corrected chi connectivity index (χ4v) is 7.09. The minimum atomic E-state index is -1.49. The maximum absolute atomic E-state index is 13.3. The SMILES string of the molecule is CC1(C)OCC(C)(c2ccnc(-c3cccc4cc(C(N[S@@+]([O-])C(C)(C)C)c5nc(NC(=O)O)ccc5Cl)sc34)c2)O1. The zero-order valence-corrected chi connectivity index (χ0v) is 26.5. The van der Waals surface area contributed by atoms with Crippen molar-refractivity contribution in [1.82, 2.24) is 14.7 Å². The molecule has 1 aliphatic heterocycles. The number of carbonyl (C=O) groups is 1. The number of hydrogen-bond donors (Lipinski definition) is 3. The molecule has 4 aromatic rings. The van der Waals surface area contributed by atoms with Gasteiger partial charge in [-0.1, -0.05) is 29.8 Å². The Bertz CT molecular complexity index is 1640. The normalized spacial score (nSPS) is 20.0. The summed E-state index contributed by atoms with van der Waals surface area (Å²) in [5, 5.41) is 12.8. The molecule has 1 fully saturated rings. The van der Waals surface area contributed by atoms with Crippen LogP contribution < -0.4 is 10.0 Å². The fourth-order valence-electron chi connectivity index (χ4n) is 4.76. The third-order valence-electron chi connectivity index (χ3n) is 6.82. The van der Waals surface area contributed by atoms with E-state index in [1.807, 2.05) is 77.9 Å². The number of halogens is 1. The van der Waals surface area contributed by atoms with Crippen LogP contribution in [0.2, 0.25) is 5.02 Å². The van der Waals surface area contributed by atoms with Gasteiger partial charge in [0.15, 0.2) is 5.79 Å². The van der Waals surface area contributed by atoms with Crippen molar-refractivity contribution in [3.05, 3.63) is 75.9 Å². The lowest BCUT2D eigenvalue weighted by molar-refractivity contribution is -0.159. The first kappa shape index (κ1) is 30.7. The molecule has 12 heteroatoms. The molecule has 2 unspecified atom stereocenters. The minimum absolute atomic E-state index is 0.118. The lowest BCUT2D eigenvalue weighted by Gasteiger charge is -2.27. The first-order chi connectivity index (χ1) is 19.6. The summed E-state index contributed by atoms with van der Waals surface area (Å²) in [4.78, 5) is 21.3. The van der Waals surface area contributed by atoms with Gasteiger partial charge in [0, 0.05) is 32.7 Å². The zero-order valence-electron chi connectivity index (χ0n) is 24.1. The van der Waals surface area contributed by atoms with Crippen LogP contribution in [0.25, 0.3) is 21.3 Å². The van der Waals surface area contributed by atoms with Crippen LogP contribution in [-0.4, -0.2) is 42.9 Å². The van der Waals surface area contributed by atoms with E-state index in [4.69, 9.17) is 26.1 Å². The molecular weight excluding hydrogens is 596 g/mol. The molecule has 4 heterocycles. The van der Waals surface area contributed by atoms with Gasteiger partial charge in [0.25, 0.3) is 0 Å². The number of hydrogen-bond acceptors (Lipinski definition) is 8. The Labute approximate surface area is 256 Å². The number of fused-ring (bicyclic) bond motifs is 1.